The van der Waals surface area contributed by atoms with Crippen molar-refractivity contribution in [1.82, 2.24) is 4.98 Å². The number of rotatable bonds is 2. The van der Waals surface area contributed by atoms with Crippen LogP contribution in [0.25, 0.3) is 0 Å². The Labute approximate surface area is 82.8 Å². The number of nitrogens with zero attached hydrogens (tertiary/aromatic N) is 2. The molecule has 3 nitrogen and oxygen atoms in total. The first-order chi connectivity index (χ1) is 6.86. The molecule has 0 spiro atoms. The normalized spacial score (nSPS) is 10.0. The molecular weight excluding hydrogens is 174 g/mol. The Morgan fingerprint density at radius 3 is 2.64 bits per heavy atom. The molecular formula is C11H12N3+. The van der Waals surface area contributed by atoms with Crippen LogP contribution < -0.4 is 10.3 Å². The average molecular weight is 186 g/mol. The monoisotopic (exact) mass is 186 g/mol. The minimum Gasteiger partial charge on any atom is -0.287 e. The number of hydrogen-bond donors (Lipinski definition) is 1. The molecule has 1 heterocycles. The zero-order valence-corrected chi connectivity index (χ0v) is 7.80. The van der Waals surface area contributed by atoms with E-state index in [1.807, 2.05) is 35.0 Å². The zero-order valence-electron chi connectivity index (χ0n) is 7.80. The van der Waals surface area contributed by atoms with Crippen LogP contribution in [0.4, 0.5) is 5.95 Å². The maximum Gasteiger partial charge on any atom is 0.389 e. The van der Waals surface area contributed by atoms with E-state index < -0.39 is 0 Å². The summed E-state index contributed by atoms with van der Waals surface area (Å²) in [6.45, 7) is 0.764. The standard InChI is InChI=1S/C11H11N3/c12-11-13-7-4-8-14(11)9-10-5-2-1-3-6-10/h1-8,12H,9H2/p+1. The molecule has 2 aromatic rings. The molecule has 0 atom stereocenters. The van der Waals surface area contributed by atoms with Crippen molar-refractivity contribution in [2.24, 2.45) is 0 Å². The minimum atomic E-state index is 0.538. The van der Waals surface area contributed by atoms with Gasteiger partial charge in [-0.1, -0.05) is 35.3 Å². The molecule has 0 fully saturated rings. The number of nitrogens with two attached hydrogens (primary N) is 1. The maximum atomic E-state index is 5.72. The fraction of sp³-hybridized carbons (Fsp3) is 0.0909. The van der Waals surface area contributed by atoms with Gasteiger partial charge in [0.2, 0.25) is 0 Å². The lowest BCUT2D eigenvalue weighted by Crippen LogP contribution is -2.38. The van der Waals surface area contributed by atoms with Crippen molar-refractivity contribution in [3.8, 4) is 0 Å². The van der Waals surface area contributed by atoms with Gasteiger partial charge in [0, 0.05) is 6.07 Å². The molecule has 1 aromatic heterocycles. The molecule has 2 rings (SSSR count). The third-order valence-electron chi connectivity index (χ3n) is 2.05. The van der Waals surface area contributed by atoms with E-state index >= 15 is 0 Å². The highest BCUT2D eigenvalue weighted by Crippen LogP contribution is 1.98. The SMILES string of the molecule is Nc1nccc[n+]1Cc1ccccc1. The van der Waals surface area contributed by atoms with Crippen LogP contribution in [0.3, 0.4) is 0 Å². The molecule has 0 aliphatic rings. The smallest absolute Gasteiger partial charge is 0.287 e. The average Bonchev–Trinajstić information content (AvgIpc) is 2.23. The van der Waals surface area contributed by atoms with Gasteiger partial charge in [-0.25, -0.2) is 4.57 Å². The summed E-state index contributed by atoms with van der Waals surface area (Å²) in [6.07, 6.45) is 3.62. The van der Waals surface area contributed by atoms with Crippen molar-refractivity contribution in [1.29, 1.82) is 0 Å². The van der Waals surface area contributed by atoms with Crippen LogP contribution in [-0.4, -0.2) is 4.98 Å². The Kier molecular flexibility index (Phi) is 2.40. The highest BCUT2D eigenvalue weighted by atomic mass is 15.1. The molecule has 0 radical (unpaired) electrons. The van der Waals surface area contributed by atoms with Crippen LogP contribution in [0, 0.1) is 0 Å². The molecule has 0 aliphatic heterocycles. The van der Waals surface area contributed by atoms with Crippen molar-refractivity contribution in [2.45, 2.75) is 6.54 Å². The van der Waals surface area contributed by atoms with Gasteiger partial charge in [0.15, 0.2) is 0 Å². The Morgan fingerprint density at radius 1 is 1.14 bits per heavy atom. The van der Waals surface area contributed by atoms with Crippen molar-refractivity contribution in [3.63, 3.8) is 0 Å². The van der Waals surface area contributed by atoms with Gasteiger partial charge in [-0.2, -0.15) is 0 Å². The Morgan fingerprint density at radius 2 is 1.93 bits per heavy atom. The summed E-state index contributed by atoms with van der Waals surface area (Å²) >= 11 is 0. The molecule has 2 N–H and O–H groups in total. The highest BCUT2D eigenvalue weighted by Gasteiger charge is 2.03. The van der Waals surface area contributed by atoms with Crippen LogP contribution in [-0.2, 0) is 6.54 Å². The van der Waals surface area contributed by atoms with Crippen molar-refractivity contribution in [2.75, 3.05) is 5.73 Å². The molecule has 3 heteroatoms. The number of aromatic nitrogens is 2. The number of hydrogen-bond acceptors (Lipinski definition) is 2. The van der Waals surface area contributed by atoms with E-state index in [-0.39, 0.29) is 0 Å². The first-order valence-electron chi connectivity index (χ1n) is 4.50. The van der Waals surface area contributed by atoms with Gasteiger partial charge in [-0.3, -0.25) is 5.73 Å². The minimum absolute atomic E-state index is 0.538. The summed E-state index contributed by atoms with van der Waals surface area (Å²) in [6, 6.07) is 12.0. The van der Waals surface area contributed by atoms with Crippen LogP contribution in [0.2, 0.25) is 0 Å². The van der Waals surface area contributed by atoms with E-state index in [2.05, 4.69) is 17.1 Å². The summed E-state index contributed by atoms with van der Waals surface area (Å²) in [4.78, 5) is 4.02. The lowest BCUT2D eigenvalue weighted by molar-refractivity contribution is -0.676. The topological polar surface area (TPSA) is 42.8 Å². The second kappa shape index (κ2) is 3.87. The summed E-state index contributed by atoms with van der Waals surface area (Å²) in [5.41, 5.74) is 6.94. The maximum absolute atomic E-state index is 5.72. The largest absolute Gasteiger partial charge is 0.389 e. The summed E-state index contributed by atoms with van der Waals surface area (Å²) < 4.78 is 1.91. The molecule has 0 saturated carbocycles. The first kappa shape index (κ1) is 8.69. The Hall–Kier alpha value is -1.90. The Balaban J connectivity index is 2.24. The van der Waals surface area contributed by atoms with Crippen molar-refractivity contribution in [3.05, 3.63) is 54.4 Å². The first-order valence-corrected chi connectivity index (χ1v) is 4.50. The van der Waals surface area contributed by atoms with Gasteiger partial charge in [-0.15, -0.1) is 0 Å². The second-order valence-corrected chi connectivity index (χ2v) is 3.09. The predicted molar refractivity (Wildman–Crippen MR) is 54.4 cm³/mol. The van der Waals surface area contributed by atoms with Gasteiger partial charge in [0.25, 0.3) is 0 Å². The lowest BCUT2D eigenvalue weighted by Gasteiger charge is -2.01. The van der Waals surface area contributed by atoms with Crippen LogP contribution >= 0.6 is 0 Å². The summed E-state index contributed by atoms with van der Waals surface area (Å²) in [7, 11) is 0. The number of benzene rings is 1. The van der Waals surface area contributed by atoms with Crippen molar-refractivity contribution < 1.29 is 4.57 Å². The van der Waals surface area contributed by atoms with Gasteiger partial charge in [0.05, 0.1) is 12.7 Å². The third kappa shape index (κ3) is 1.88. The summed E-state index contributed by atoms with van der Waals surface area (Å²) in [5, 5.41) is 0. The number of anilines is 1. The Bertz CT molecular complexity index is 412. The van der Waals surface area contributed by atoms with E-state index in [4.69, 9.17) is 5.73 Å². The fourth-order valence-corrected chi connectivity index (χ4v) is 1.33. The third-order valence-corrected chi connectivity index (χ3v) is 2.05. The molecule has 70 valence electrons. The second-order valence-electron chi connectivity index (χ2n) is 3.09. The van der Waals surface area contributed by atoms with E-state index in [0.29, 0.717) is 5.95 Å². The van der Waals surface area contributed by atoms with Gasteiger partial charge in [0.1, 0.15) is 6.20 Å². The summed E-state index contributed by atoms with van der Waals surface area (Å²) in [5.74, 6) is 0.538. The fourth-order valence-electron chi connectivity index (χ4n) is 1.33. The predicted octanol–water partition coefficient (Wildman–Crippen LogP) is 1.000. The van der Waals surface area contributed by atoms with E-state index in [1.54, 1.807) is 6.20 Å². The highest BCUT2D eigenvalue weighted by molar-refractivity contribution is 5.14. The van der Waals surface area contributed by atoms with Gasteiger partial charge >= 0.3 is 5.95 Å². The molecule has 0 amide bonds. The lowest BCUT2D eigenvalue weighted by atomic mass is 10.2. The van der Waals surface area contributed by atoms with Crippen LogP contribution in [0.5, 0.6) is 0 Å². The number of nitrogen functional groups attached to an aromatic ring is 1. The molecule has 14 heavy (non-hydrogen) atoms. The van der Waals surface area contributed by atoms with Crippen LogP contribution in [0.1, 0.15) is 5.56 Å². The molecule has 1 aromatic carbocycles. The quantitative estimate of drug-likeness (QED) is 0.711. The molecule has 0 bridgehead atoms. The van der Waals surface area contributed by atoms with Crippen LogP contribution in [0.15, 0.2) is 48.8 Å². The molecule has 0 aliphatic carbocycles. The van der Waals surface area contributed by atoms with E-state index in [0.717, 1.165) is 6.54 Å². The van der Waals surface area contributed by atoms with Gasteiger partial charge in [-0.05, 0) is 5.56 Å². The van der Waals surface area contributed by atoms with Crippen molar-refractivity contribution >= 4 is 5.95 Å². The molecule has 0 unspecified atom stereocenters. The van der Waals surface area contributed by atoms with E-state index in [9.17, 15) is 0 Å². The molecule has 0 saturated heterocycles. The van der Waals surface area contributed by atoms with Gasteiger partial charge < -0.3 is 0 Å². The van der Waals surface area contributed by atoms with E-state index in [1.165, 1.54) is 5.56 Å². The zero-order chi connectivity index (χ0) is 9.80.